The highest BCUT2D eigenvalue weighted by molar-refractivity contribution is 7.32. The van der Waals surface area contributed by atoms with Crippen molar-refractivity contribution in [3.63, 3.8) is 0 Å². The highest BCUT2D eigenvalue weighted by atomic mass is 31.1. The van der Waals surface area contributed by atoms with Crippen molar-refractivity contribution < 1.29 is 31.9 Å². The van der Waals surface area contributed by atoms with Gasteiger partial charge in [-0.2, -0.15) is 0 Å². The summed E-state index contributed by atoms with van der Waals surface area (Å²) in [5.41, 5.74) is -0.478. The Morgan fingerprint density at radius 2 is 1.65 bits per heavy atom. The van der Waals surface area contributed by atoms with Crippen LogP contribution in [0.2, 0.25) is 0 Å². The second-order valence-electron chi connectivity index (χ2n) is 4.10. The Bertz CT molecular complexity index is 455. The van der Waals surface area contributed by atoms with Crippen molar-refractivity contribution in [1.29, 1.82) is 0 Å². The van der Waals surface area contributed by atoms with Crippen molar-refractivity contribution in [3.05, 3.63) is 29.8 Å². The number of hydrogen-bond donors (Lipinski definition) is 1. The van der Waals surface area contributed by atoms with E-state index in [1.807, 2.05) is 0 Å². The molecule has 0 aliphatic carbocycles. The average Bonchev–Trinajstić information content (AvgIpc) is 2.35. The van der Waals surface area contributed by atoms with Gasteiger partial charge in [0.25, 0.3) is 0 Å². The van der Waals surface area contributed by atoms with Crippen LogP contribution in [0.5, 0.6) is 5.75 Å². The van der Waals surface area contributed by atoms with Gasteiger partial charge in [-0.25, -0.2) is 0 Å². The minimum atomic E-state index is -4.75. The molecule has 0 heterocycles. The van der Waals surface area contributed by atoms with E-state index in [1.54, 1.807) is 13.8 Å². The number of halogens is 3. The van der Waals surface area contributed by atoms with Crippen LogP contribution in [0.4, 0.5) is 13.2 Å². The Hall–Kier alpha value is -1.17. The molecule has 0 spiro atoms. The first-order valence-corrected chi connectivity index (χ1v) is 7.07. The van der Waals surface area contributed by atoms with Gasteiger partial charge < -0.3 is 4.74 Å². The van der Waals surface area contributed by atoms with Crippen molar-refractivity contribution >= 4 is 8.25 Å². The summed E-state index contributed by atoms with van der Waals surface area (Å²) in [5, 5.41) is 0. The summed E-state index contributed by atoms with van der Waals surface area (Å²) < 4.78 is 55.9. The third kappa shape index (κ3) is 4.44. The maximum atomic E-state index is 12.1. The highest BCUT2D eigenvalue weighted by Gasteiger charge is 2.39. The first-order valence-electron chi connectivity index (χ1n) is 5.94. The molecule has 0 saturated heterocycles. The van der Waals surface area contributed by atoms with E-state index in [4.69, 9.17) is 9.42 Å². The molecule has 4 nitrogen and oxygen atoms in total. The lowest BCUT2D eigenvalue weighted by Crippen LogP contribution is -2.25. The third-order valence-electron chi connectivity index (χ3n) is 3.01. The predicted molar refractivity (Wildman–Crippen MR) is 66.3 cm³/mol. The first-order chi connectivity index (χ1) is 9.22. The van der Waals surface area contributed by atoms with Crippen LogP contribution in [-0.4, -0.2) is 11.3 Å². The predicted octanol–water partition coefficient (Wildman–Crippen LogP) is 4.27. The van der Waals surface area contributed by atoms with Crippen LogP contribution in [-0.2, 0) is 14.7 Å². The Labute approximate surface area is 115 Å². The van der Waals surface area contributed by atoms with Gasteiger partial charge >= 0.3 is 14.6 Å². The van der Waals surface area contributed by atoms with E-state index < -0.39 is 20.2 Å². The van der Waals surface area contributed by atoms with Gasteiger partial charge in [-0.3, -0.25) is 0 Å². The topological polar surface area (TPSA) is 55.8 Å². The van der Waals surface area contributed by atoms with Crippen molar-refractivity contribution in [2.45, 2.75) is 38.7 Å². The number of alkyl halides is 3. The maximum absolute atomic E-state index is 12.1. The van der Waals surface area contributed by atoms with Gasteiger partial charge in [-0.05, 0) is 30.5 Å². The van der Waals surface area contributed by atoms with Crippen LogP contribution in [0.25, 0.3) is 0 Å². The quantitative estimate of drug-likeness (QED) is 0.797. The van der Waals surface area contributed by atoms with Crippen LogP contribution in [0.3, 0.4) is 0 Å². The van der Waals surface area contributed by atoms with Gasteiger partial charge in [0.15, 0.2) is 5.60 Å². The molecule has 0 aliphatic rings. The van der Waals surface area contributed by atoms with Gasteiger partial charge in [0.1, 0.15) is 5.75 Å². The number of rotatable bonds is 6. The van der Waals surface area contributed by atoms with Crippen molar-refractivity contribution in [3.8, 4) is 5.75 Å². The summed E-state index contributed by atoms with van der Waals surface area (Å²) in [5.74, 6) is -0.351. The van der Waals surface area contributed by atoms with Gasteiger partial charge in [-0.15, -0.1) is 22.6 Å². The molecular weight excluding hydrogens is 296 g/mol. The smallest absolute Gasteiger partial charge is 0.406 e. The summed E-state index contributed by atoms with van der Waals surface area (Å²) in [4.78, 5) is 8.93. The van der Waals surface area contributed by atoms with E-state index in [0.717, 1.165) is 12.1 Å². The third-order valence-corrected chi connectivity index (χ3v) is 3.51. The molecule has 1 rings (SSSR count). The monoisotopic (exact) mass is 311 g/mol. The zero-order valence-corrected chi connectivity index (χ0v) is 11.9. The first kappa shape index (κ1) is 16.9. The molecular formula is C12H15F3O4P+. The molecule has 0 fully saturated rings. The summed E-state index contributed by atoms with van der Waals surface area (Å²) in [6.07, 6.45) is -3.94. The average molecular weight is 311 g/mol. The van der Waals surface area contributed by atoms with E-state index in [9.17, 15) is 17.7 Å². The fraction of sp³-hybridized carbons (Fsp3) is 0.500. The van der Waals surface area contributed by atoms with E-state index in [0.29, 0.717) is 18.4 Å². The van der Waals surface area contributed by atoms with Crippen LogP contribution >= 0.6 is 8.25 Å². The molecule has 8 heteroatoms. The zero-order chi connectivity index (χ0) is 15.4. The second kappa shape index (κ2) is 6.52. The van der Waals surface area contributed by atoms with Gasteiger partial charge in [0.05, 0.1) is 0 Å². The molecule has 1 atom stereocenters. The summed E-state index contributed by atoms with van der Waals surface area (Å²) >= 11 is 0. The van der Waals surface area contributed by atoms with Gasteiger partial charge in [0.2, 0.25) is 0 Å². The summed E-state index contributed by atoms with van der Waals surface area (Å²) in [7, 11) is -2.81. The van der Waals surface area contributed by atoms with E-state index in [-0.39, 0.29) is 5.75 Å². The van der Waals surface area contributed by atoms with E-state index in [1.165, 1.54) is 12.1 Å². The van der Waals surface area contributed by atoms with Crippen LogP contribution in [0.15, 0.2) is 24.3 Å². The molecule has 0 amide bonds. The van der Waals surface area contributed by atoms with Gasteiger partial charge in [-0.1, -0.05) is 26.0 Å². The second-order valence-corrected chi connectivity index (χ2v) is 4.76. The molecule has 1 aromatic rings. The Balaban J connectivity index is 3.02. The summed E-state index contributed by atoms with van der Waals surface area (Å²) in [6.45, 7) is 3.53. The van der Waals surface area contributed by atoms with Crippen molar-refractivity contribution in [2.24, 2.45) is 0 Å². The molecule has 1 N–H and O–H groups in total. The standard InChI is InChI=1S/C12H14F3O4P/c1-3-11(4-2,19-20(16)17)9-5-7-10(8-6-9)18-12(13,14)15/h5-8H,3-4H2,1-2H3/p+1. The Morgan fingerprint density at radius 3 is 2.00 bits per heavy atom. The largest absolute Gasteiger partial charge is 0.695 e. The Morgan fingerprint density at radius 1 is 1.15 bits per heavy atom. The lowest BCUT2D eigenvalue weighted by atomic mass is 9.89. The lowest BCUT2D eigenvalue weighted by molar-refractivity contribution is -0.274. The number of ether oxygens (including phenoxy) is 1. The molecule has 0 aromatic heterocycles. The minimum absolute atomic E-state index is 0.351. The molecule has 1 aromatic carbocycles. The van der Waals surface area contributed by atoms with Crippen molar-refractivity contribution in [1.82, 2.24) is 0 Å². The van der Waals surface area contributed by atoms with Crippen LogP contribution in [0, 0.1) is 0 Å². The molecule has 20 heavy (non-hydrogen) atoms. The van der Waals surface area contributed by atoms with Crippen LogP contribution in [0.1, 0.15) is 32.3 Å². The Kier molecular flexibility index (Phi) is 5.50. The number of hydrogen-bond acceptors (Lipinski definition) is 3. The van der Waals surface area contributed by atoms with Crippen molar-refractivity contribution in [2.75, 3.05) is 0 Å². The van der Waals surface area contributed by atoms with Crippen LogP contribution < -0.4 is 4.74 Å². The molecule has 0 bridgehead atoms. The zero-order valence-electron chi connectivity index (χ0n) is 11.0. The SMILES string of the molecule is CCC(CC)(O[P+](=O)O)c1ccc(OC(F)(F)F)cc1. The molecule has 112 valence electrons. The highest BCUT2D eigenvalue weighted by Crippen LogP contribution is 2.40. The fourth-order valence-corrected chi connectivity index (χ4v) is 2.61. The fourth-order valence-electron chi connectivity index (χ4n) is 1.95. The molecule has 0 aliphatic heterocycles. The van der Waals surface area contributed by atoms with Gasteiger partial charge in [0, 0.05) is 4.57 Å². The normalized spacial score (nSPS) is 13.2. The molecule has 1 unspecified atom stereocenters. The summed E-state index contributed by atoms with van der Waals surface area (Å²) in [6, 6.07) is 5.09. The number of benzene rings is 1. The molecule has 0 saturated carbocycles. The van der Waals surface area contributed by atoms with E-state index in [2.05, 4.69) is 4.74 Å². The lowest BCUT2D eigenvalue weighted by Gasteiger charge is -2.25. The maximum Gasteiger partial charge on any atom is 0.695 e. The molecule has 0 radical (unpaired) electrons. The minimum Gasteiger partial charge on any atom is -0.406 e. The van der Waals surface area contributed by atoms with E-state index >= 15 is 0 Å².